The lowest BCUT2D eigenvalue weighted by atomic mass is 10.3. The number of hydrogen-bond donors (Lipinski definition) is 2. The van der Waals surface area contributed by atoms with Crippen LogP contribution in [0.3, 0.4) is 0 Å². The van der Waals surface area contributed by atoms with Gasteiger partial charge in [-0.1, -0.05) is 0 Å². The lowest BCUT2D eigenvalue weighted by Crippen LogP contribution is -2.31. The van der Waals surface area contributed by atoms with Crippen molar-refractivity contribution >= 4 is 15.7 Å². The number of nitrogens with two attached hydrogens (primary N) is 1. The van der Waals surface area contributed by atoms with Crippen LogP contribution in [0.4, 0.5) is 14.5 Å². The molecule has 1 aromatic carbocycles. The minimum absolute atomic E-state index is 0.0146. The fourth-order valence-electron chi connectivity index (χ4n) is 1.78. The molecular weight excluding hydrogens is 264 g/mol. The van der Waals surface area contributed by atoms with Crippen LogP contribution in [-0.2, 0) is 10.0 Å². The minimum atomic E-state index is -3.85. The van der Waals surface area contributed by atoms with Crippen LogP contribution in [-0.4, -0.2) is 31.7 Å². The molecule has 0 aliphatic carbocycles. The van der Waals surface area contributed by atoms with E-state index in [1.165, 1.54) is 24.3 Å². The first-order valence-corrected chi connectivity index (χ1v) is 6.74. The molecule has 0 radical (unpaired) electrons. The first-order chi connectivity index (χ1) is 8.35. The smallest absolute Gasteiger partial charge is 0.262 e. The van der Waals surface area contributed by atoms with Crippen molar-refractivity contribution in [2.75, 3.05) is 18.5 Å². The fraction of sp³-hybridized carbons (Fsp3) is 0.400. The Morgan fingerprint density at radius 1 is 1.28 bits per heavy atom. The Hall–Kier alpha value is -1.25. The van der Waals surface area contributed by atoms with E-state index < -0.39 is 28.9 Å². The SMILES string of the molecule is NNc1ccc(S(=O)(=O)N2CCC(F)(F)C2)cc1. The Morgan fingerprint density at radius 2 is 1.89 bits per heavy atom. The molecule has 1 saturated heterocycles. The number of anilines is 1. The molecule has 5 nitrogen and oxygen atoms in total. The van der Waals surface area contributed by atoms with Gasteiger partial charge in [-0.2, -0.15) is 4.31 Å². The lowest BCUT2D eigenvalue weighted by Gasteiger charge is -2.16. The Bertz CT molecular complexity index is 531. The largest absolute Gasteiger partial charge is 0.324 e. The molecule has 3 N–H and O–H groups in total. The van der Waals surface area contributed by atoms with Crippen LogP contribution in [0.5, 0.6) is 0 Å². The molecule has 0 amide bonds. The van der Waals surface area contributed by atoms with Gasteiger partial charge in [0.2, 0.25) is 10.0 Å². The summed E-state index contributed by atoms with van der Waals surface area (Å²) >= 11 is 0. The third kappa shape index (κ3) is 2.45. The molecule has 1 aliphatic heterocycles. The first kappa shape index (κ1) is 13.2. The number of halogens is 2. The predicted octanol–water partition coefficient (Wildman–Crippen LogP) is 1.00. The Labute approximate surface area is 104 Å². The zero-order valence-corrected chi connectivity index (χ0v) is 10.3. The number of sulfonamides is 1. The van der Waals surface area contributed by atoms with Crippen molar-refractivity contribution in [2.24, 2.45) is 5.84 Å². The van der Waals surface area contributed by atoms with E-state index in [0.29, 0.717) is 5.69 Å². The van der Waals surface area contributed by atoms with Gasteiger partial charge in [0.05, 0.1) is 11.4 Å². The van der Waals surface area contributed by atoms with E-state index in [4.69, 9.17) is 5.84 Å². The number of rotatable bonds is 3. The molecule has 1 aromatic rings. The van der Waals surface area contributed by atoms with Gasteiger partial charge in [0.25, 0.3) is 5.92 Å². The molecule has 0 atom stereocenters. The van der Waals surface area contributed by atoms with E-state index >= 15 is 0 Å². The van der Waals surface area contributed by atoms with E-state index in [1.54, 1.807) is 0 Å². The summed E-state index contributed by atoms with van der Waals surface area (Å²) in [6.07, 6.45) is -0.436. The molecule has 1 heterocycles. The monoisotopic (exact) mass is 277 g/mol. The molecule has 0 saturated carbocycles. The number of benzene rings is 1. The molecule has 1 fully saturated rings. The van der Waals surface area contributed by atoms with E-state index in [2.05, 4.69) is 5.43 Å². The Balaban J connectivity index is 2.25. The maximum atomic E-state index is 13.0. The standard InChI is InChI=1S/C10H13F2N3O2S/c11-10(12)5-6-15(7-10)18(16,17)9-3-1-8(14-13)2-4-9/h1-4,14H,5-7,13H2. The first-order valence-electron chi connectivity index (χ1n) is 5.30. The van der Waals surface area contributed by atoms with Crippen LogP contribution in [0.1, 0.15) is 6.42 Å². The molecule has 100 valence electrons. The highest BCUT2D eigenvalue weighted by Crippen LogP contribution is 2.31. The molecule has 0 spiro atoms. The Kier molecular flexibility index (Phi) is 3.26. The summed E-state index contributed by atoms with van der Waals surface area (Å²) in [6, 6.07) is 5.62. The molecular formula is C10H13F2N3O2S. The quantitative estimate of drug-likeness (QED) is 0.638. The third-order valence-corrected chi connectivity index (χ3v) is 4.65. The number of hydrazine groups is 1. The normalized spacial score (nSPS) is 19.9. The second-order valence-corrected chi connectivity index (χ2v) is 6.05. The molecule has 2 rings (SSSR count). The molecule has 18 heavy (non-hydrogen) atoms. The average molecular weight is 277 g/mol. The maximum absolute atomic E-state index is 13.0. The fourth-order valence-corrected chi connectivity index (χ4v) is 3.25. The minimum Gasteiger partial charge on any atom is -0.324 e. The Morgan fingerprint density at radius 3 is 2.33 bits per heavy atom. The summed E-state index contributed by atoms with van der Waals surface area (Å²) in [4.78, 5) is -0.0146. The van der Waals surface area contributed by atoms with Gasteiger partial charge in [0.1, 0.15) is 0 Å². The van der Waals surface area contributed by atoms with Crippen molar-refractivity contribution in [3.05, 3.63) is 24.3 Å². The van der Waals surface area contributed by atoms with Gasteiger partial charge in [-0.3, -0.25) is 5.84 Å². The number of nitrogens with one attached hydrogen (secondary N) is 1. The summed E-state index contributed by atoms with van der Waals surface area (Å²) in [5.41, 5.74) is 2.90. The summed E-state index contributed by atoms with van der Waals surface area (Å²) < 4.78 is 51.0. The van der Waals surface area contributed by atoms with E-state index in [9.17, 15) is 17.2 Å². The van der Waals surface area contributed by atoms with Crippen molar-refractivity contribution in [3.63, 3.8) is 0 Å². The number of nitrogen functional groups attached to an aromatic ring is 1. The van der Waals surface area contributed by atoms with Crippen LogP contribution in [0.2, 0.25) is 0 Å². The summed E-state index contributed by atoms with van der Waals surface area (Å²) in [5.74, 6) is 2.22. The van der Waals surface area contributed by atoms with Crippen molar-refractivity contribution in [1.29, 1.82) is 0 Å². The molecule has 1 aliphatic rings. The second kappa shape index (κ2) is 4.45. The van der Waals surface area contributed by atoms with E-state index in [1.807, 2.05) is 0 Å². The van der Waals surface area contributed by atoms with Crippen molar-refractivity contribution in [2.45, 2.75) is 17.2 Å². The van der Waals surface area contributed by atoms with Crippen molar-refractivity contribution in [1.82, 2.24) is 4.31 Å². The maximum Gasteiger partial charge on any atom is 0.262 e. The van der Waals surface area contributed by atoms with Gasteiger partial charge < -0.3 is 5.43 Å². The predicted molar refractivity (Wildman–Crippen MR) is 62.6 cm³/mol. The van der Waals surface area contributed by atoms with Crippen LogP contribution in [0.25, 0.3) is 0 Å². The highest BCUT2D eigenvalue weighted by molar-refractivity contribution is 7.89. The van der Waals surface area contributed by atoms with Crippen LogP contribution in [0.15, 0.2) is 29.2 Å². The van der Waals surface area contributed by atoms with Crippen LogP contribution in [0, 0.1) is 0 Å². The lowest BCUT2D eigenvalue weighted by molar-refractivity contribution is 0.0183. The van der Waals surface area contributed by atoms with Gasteiger partial charge in [-0.05, 0) is 24.3 Å². The van der Waals surface area contributed by atoms with Gasteiger partial charge in [-0.15, -0.1) is 0 Å². The van der Waals surface area contributed by atoms with Gasteiger partial charge in [0, 0.05) is 18.7 Å². The zero-order chi connectivity index (χ0) is 13.4. The van der Waals surface area contributed by atoms with Crippen LogP contribution >= 0.6 is 0 Å². The zero-order valence-electron chi connectivity index (χ0n) is 9.44. The molecule has 0 bridgehead atoms. The number of nitrogens with zero attached hydrogens (tertiary/aromatic N) is 1. The summed E-state index contributed by atoms with van der Waals surface area (Å²) in [6.45, 7) is -0.918. The number of hydrogen-bond acceptors (Lipinski definition) is 4. The van der Waals surface area contributed by atoms with Crippen molar-refractivity contribution in [3.8, 4) is 0 Å². The second-order valence-electron chi connectivity index (χ2n) is 4.11. The van der Waals surface area contributed by atoms with Crippen LogP contribution < -0.4 is 11.3 Å². The van der Waals surface area contributed by atoms with Gasteiger partial charge in [-0.25, -0.2) is 17.2 Å². The number of alkyl halides is 2. The van der Waals surface area contributed by atoms with Gasteiger partial charge in [0.15, 0.2) is 0 Å². The van der Waals surface area contributed by atoms with Crippen molar-refractivity contribution < 1.29 is 17.2 Å². The molecule has 0 aromatic heterocycles. The summed E-state index contributed by atoms with van der Waals surface area (Å²) in [7, 11) is -3.85. The topological polar surface area (TPSA) is 75.4 Å². The van der Waals surface area contributed by atoms with Gasteiger partial charge >= 0.3 is 0 Å². The molecule has 8 heteroatoms. The highest BCUT2D eigenvalue weighted by atomic mass is 32.2. The third-order valence-electron chi connectivity index (χ3n) is 2.79. The van der Waals surface area contributed by atoms with E-state index in [-0.39, 0.29) is 11.4 Å². The summed E-state index contributed by atoms with van der Waals surface area (Å²) in [5, 5.41) is 0. The van der Waals surface area contributed by atoms with E-state index in [0.717, 1.165) is 4.31 Å². The highest BCUT2D eigenvalue weighted by Gasteiger charge is 2.43. The average Bonchev–Trinajstić information content (AvgIpc) is 2.70. The molecule has 0 unspecified atom stereocenters.